The highest BCUT2D eigenvalue weighted by Gasteiger charge is 2.44. The number of carbonyl (C=O) groups is 2. The van der Waals surface area contributed by atoms with Gasteiger partial charge in [0.2, 0.25) is 5.91 Å². The topological polar surface area (TPSA) is 49.4 Å². The molecule has 1 N–H and O–H groups in total. The fourth-order valence-corrected chi connectivity index (χ4v) is 4.05. The molecule has 0 spiro atoms. The van der Waals surface area contributed by atoms with Crippen LogP contribution in [0, 0.1) is 5.92 Å². The molecule has 1 aromatic heterocycles. The average Bonchev–Trinajstić information content (AvgIpc) is 2.75. The fraction of sp³-hybridized carbons (Fsp3) is 0.538. The minimum atomic E-state index is -0.0922. The van der Waals surface area contributed by atoms with Crippen LogP contribution in [-0.4, -0.2) is 35.3 Å². The van der Waals surface area contributed by atoms with Crippen molar-refractivity contribution < 1.29 is 9.59 Å². The Kier molecular flexibility index (Phi) is 3.39. The molecule has 6 heteroatoms. The van der Waals surface area contributed by atoms with Gasteiger partial charge in [-0.05, 0) is 39.7 Å². The second-order valence-electron chi connectivity index (χ2n) is 5.30. The summed E-state index contributed by atoms with van der Waals surface area (Å²) >= 11 is 4.76. The van der Waals surface area contributed by atoms with Crippen molar-refractivity contribution in [3.63, 3.8) is 0 Å². The molecule has 1 saturated carbocycles. The second kappa shape index (κ2) is 4.90. The third kappa shape index (κ3) is 2.56. The number of nitrogens with zero attached hydrogens (tertiary/aromatic N) is 1. The number of thiophene rings is 1. The van der Waals surface area contributed by atoms with Crippen LogP contribution in [0.5, 0.6) is 0 Å². The van der Waals surface area contributed by atoms with Crippen LogP contribution in [0.25, 0.3) is 0 Å². The molecule has 1 saturated heterocycles. The van der Waals surface area contributed by atoms with Crippen LogP contribution >= 0.6 is 27.3 Å². The summed E-state index contributed by atoms with van der Waals surface area (Å²) in [6.07, 6.45) is 1.53. The summed E-state index contributed by atoms with van der Waals surface area (Å²) in [5.74, 6) is 0.695. The smallest absolute Gasteiger partial charge is 0.262 e. The molecule has 2 fully saturated rings. The molecule has 19 heavy (non-hydrogen) atoms. The molecule has 1 aromatic rings. The van der Waals surface area contributed by atoms with Crippen molar-refractivity contribution in [3.8, 4) is 0 Å². The Labute approximate surface area is 124 Å². The summed E-state index contributed by atoms with van der Waals surface area (Å²) < 4.78 is 0.812. The third-order valence-corrected chi connectivity index (χ3v) is 5.62. The molecular weight excluding hydrogens is 328 g/mol. The monoisotopic (exact) mass is 342 g/mol. The number of carbonyl (C=O) groups excluding carboxylic acids is 2. The normalized spacial score (nSPS) is 29.7. The lowest BCUT2D eigenvalue weighted by Gasteiger charge is -2.16. The van der Waals surface area contributed by atoms with Gasteiger partial charge in [0.25, 0.3) is 5.91 Å². The van der Waals surface area contributed by atoms with Crippen LogP contribution in [-0.2, 0) is 4.79 Å². The minimum Gasteiger partial charge on any atom is -0.346 e. The van der Waals surface area contributed by atoms with E-state index in [1.807, 2.05) is 16.3 Å². The number of hydrogen-bond donors (Lipinski definition) is 1. The first-order chi connectivity index (χ1) is 9.06. The molecular formula is C13H15BrN2O2S. The van der Waals surface area contributed by atoms with Crippen molar-refractivity contribution in [2.75, 3.05) is 6.54 Å². The molecule has 0 bridgehead atoms. The van der Waals surface area contributed by atoms with E-state index in [1.54, 1.807) is 0 Å². The molecule has 2 aliphatic rings. The first-order valence-electron chi connectivity index (χ1n) is 6.39. The van der Waals surface area contributed by atoms with Crippen LogP contribution in [0.15, 0.2) is 15.9 Å². The van der Waals surface area contributed by atoms with Crippen LogP contribution in [0.1, 0.15) is 29.4 Å². The highest BCUT2D eigenvalue weighted by molar-refractivity contribution is 9.10. The van der Waals surface area contributed by atoms with Gasteiger partial charge in [-0.25, -0.2) is 0 Å². The summed E-state index contributed by atoms with van der Waals surface area (Å²) in [6, 6.07) is 2.21. The van der Waals surface area contributed by atoms with E-state index in [-0.39, 0.29) is 17.9 Å². The molecule has 1 aliphatic carbocycles. The van der Waals surface area contributed by atoms with E-state index in [0.29, 0.717) is 29.8 Å². The predicted octanol–water partition coefficient (Wildman–Crippen LogP) is 2.25. The van der Waals surface area contributed by atoms with Crippen LogP contribution in [0.3, 0.4) is 0 Å². The molecule has 3 rings (SSSR count). The van der Waals surface area contributed by atoms with Gasteiger partial charge >= 0.3 is 0 Å². The Hall–Kier alpha value is -0.880. The van der Waals surface area contributed by atoms with E-state index in [0.717, 1.165) is 10.9 Å². The maximum absolute atomic E-state index is 12.1. The van der Waals surface area contributed by atoms with Gasteiger partial charge in [-0.15, -0.1) is 11.3 Å². The van der Waals surface area contributed by atoms with E-state index in [9.17, 15) is 9.59 Å². The molecule has 2 heterocycles. The Bertz CT molecular complexity index is 530. The Balaban J connectivity index is 1.61. The summed E-state index contributed by atoms with van der Waals surface area (Å²) in [6.45, 7) is 2.81. The predicted molar refractivity (Wildman–Crippen MR) is 77.2 cm³/mol. The summed E-state index contributed by atoms with van der Waals surface area (Å²) in [4.78, 5) is 26.6. The average molecular weight is 343 g/mol. The zero-order valence-electron chi connectivity index (χ0n) is 10.6. The molecule has 0 radical (unpaired) electrons. The van der Waals surface area contributed by atoms with Gasteiger partial charge < -0.3 is 10.2 Å². The van der Waals surface area contributed by atoms with E-state index in [4.69, 9.17) is 0 Å². The van der Waals surface area contributed by atoms with Crippen LogP contribution in [0.4, 0.5) is 0 Å². The van der Waals surface area contributed by atoms with Gasteiger partial charge in [0, 0.05) is 23.5 Å². The number of rotatable bonds is 3. The molecule has 1 aliphatic heterocycles. The fourth-order valence-electron chi connectivity index (χ4n) is 2.59. The summed E-state index contributed by atoms with van der Waals surface area (Å²) in [5, 5.41) is 4.83. The van der Waals surface area contributed by atoms with E-state index in [2.05, 4.69) is 28.2 Å². The Morgan fingerprint density at radius 1 is 1.58 bits per heavy atom. The van der Waals surface area contributed by atoms with Gasteiger partial charge in [-0.1, -0.05) is 6.92 Å². The first kappa shape index (κ1) is 13.1. The summed E-state index contributed by atoms with van der Waals surface area (Å²) in [7, 11) is 0. The molecule has 102 valence electrons. The molecule has 0 unspecified atom stereocenters. The zero-order chi connectivity index (χ0) is 13.6. The maximum Gasteiger partial charge on any atom is 0.262 e. The minimum absolute atomic E-state index is 0.0539. The van der Waals surface area contributed by atoms with Crippen molar-refractivity contribution in [1.29, 1.82) is 0 Å². The molecule has 3 atom stereocenters. The number of amides is 2. The van der Waals surface area contributed by atoms with Crippen molar-refractivity contribution in [1.82, 2.24) is 10.2 Å². The van der Waals surface area contributed by atoms with Gasteiger partial charge in [0.05, 0.1) is 6.04 Å². The van der Waals surface area contributed by atoms with Gasteiger partial charge in [-0.2, -0.15) is 0 Å². The highest BCUT2D eigenvalue weighted by Crippen LogP contribution is 2.37. The van der Waals surface area contributed by atoms with Crippen molar-refractivity contribution in [2.24, 2.45) is 5.92 Å². The molecule has 2 amide bonds. The van der Waals surface area contributed by atoms with Crippen molar-refractivity contribution in [3.05, 3.63) is 20.8 Å². The lowest BCUT2D eigenvalue weighted by molar-refractivity contribution is -0.128. The number of nitrogens with one attached hydrogen (secondary N) is 1. The Morgan fingerprint density at radius 2 is 2.32 bits per heavy atom. The van der Waals surface area contributed by atoms with Gasteiger partial charge in [0.1, 0.15) is 4.88 Å². The first-order valence-corrected chi connectivity index (χ1v) is 8.07. The largest absolute Gasteiger partial charge is 0.346 e. The number of likely N-dealkylation sites (tertiary alicyclic amines) is 1. The quantitative estimate of drug-likeness (QED) is 0.915. The SMILES string of the molecule is C[C@H]1C[C@@H]1N1C[C@H](NC(=O)c2sccc2Br)CC1=O. The van der Waals surface area contributed by atoms with Gasteiger partial charge in [0.15, 0.2) is 0 Å². The maximum atomic E-state index is 12.1. The van der Waals surface area contributed by atoms with E-state index < -0.39 is 0 Å². The lowest BCUT2D eigenvalue weighted by atomic mass is 10.2. The zero-order valence-corrected chi connectivity index (χ0v) is 13.0. The Morgan fingerprint density at radius 3 is 2.89 bits per heavy atom. The lowest BCUT2D eigenvalue weighted by Crippen LogP contribution is -2.37. The van der Waals surface area contributed by atoms with Crippen LogP contribution in [0.2, 0.25) is 0 Å². The molecule has 0 aromatic carbocycles. The standard InChI is InChI=1S/C13H15BrN2O2S/c1-7-4-10(7)16-6-8(5-11(16)17)15-13(18)12-9(14)2-3-19-12/h2-3,7-8,10H,4-6H2,1H3,(H,15,18)/t7-,8+,10-/m0/s1. The van der Waals surface area contributed by atoms with Crippen molar-refractivity contribution in [2.45, 2.75) is 31.8 Å². The van der Waals surface area contributed by atoms with E-state index >= 15 is 0 Å². The van der Waals surface area contributed by atoms with Crippen LogP contribution < -0.4 is 5.32 Å². The van der Waals surface area contributed by atoms with Gasteiger partial charge in [-0.3, -0.25) is 9.59 Å². The second-order valence-corrected chi connectivity index (χ2v) is 7.07. The molecule has 4 nitrogen and oxygen atoms in total. The highest BCUT2D eigenvalue weighted by atomic mass is 79.9. The van der Waals surface area contributed by atoms with Crippen molar-refractivity contribution >= 4 is 39.1 Å². The van der Waals surface area contributed by atoms with E-state index in [1.165, 1.54) is 11.3 Å². The third-order valence-electron chi connectivity index (χ3n) is 3.78. The summed E-state index contributed by atoms with van der Waals surface area (Å²) in [5.41, 5.74) is 0. The number of hydrogen-bond acceptors (Lipinski definition) is 3. The number of halogens is 1.